The molecule has 1 aliphatic carbocycles. The van der Waals surface area contributed by atoms with Gasteiger partial charge in [0.05, 0.1) is 0 Å². The standard InChI is InChI=1S/C12H15/c1-12(9-5-6-10-12)11-7-3-2-4-8-11/h3-4,7-8H,5-6,9-10H2,1H3. The van der Waals surface area contributed by atoms with Gasteiger partial charge in [-0.3, -0.25) is 0 Å². The summed E-state index contributed by atoms with van der Waals surface area (Å²) in [5.74, 6) is 0. The second-order valence-corrected chi connectivity index (χ2v) is 4.06. The van der Waals surface area contributed by atoms with Crippen LogP contribution in [0.15, 0.2) is 24.3 Å². The monoisotopic (exact) mass is 159 g/mol. The van der Waals surface area contributed by atoms with Crippen LogP contribution in [-0.4, -0.2) is 0 Å². The number of benzene rings is 1. The summed E-state index contributed by atoms with van der Waals surface area (Å²) in [4.78, 5) is 0. The topological polar surface area (TPSA) is 0 Å². The van der Waals surface area contributed by atoms with E-state index in [1.54, 1.807) is 0 Å². The molecule has 0 nitrogen and oxygen atoms in total. The normalized spacial score (nSPS) is 21.1. The van der Waals surface area contributed by atoms with Crippen molar-refractivity contribution in [3.8, 4) is 0 Å². The van der Waals surface area contributed by atoms with E-state index in [9.17, 15) is 0 Å². The van der Waals surface area contributed by atoms with E-state index in [0.29, 0.717) is 5.41 Å². The van der Waals surface area contributed by atoms with Gasteiger partial charge in [-0.15, -0.1) is 0 Å². The van der Waals surface area contributed by atoms with Crippen molar-refractivity contribution in [3.05, 3.63) is 35.9 Å². The largest absolute Gasteiger partial charge is 0.0579 e. The van der Waals surface area contributed by atoms with Crippen LogP contribution >= 0.6 is 0 Å². The van der Waals surface area contributed by atoms with Gasteiger partial charge in [-0.2, -0.15) is 0 Å². The van der Waals surface area contributed by atoms with Crippen LogP contribution < -0.4 is 0 Å². The van der Waals surface area contributed by atoms with Gasteiger partial charge in [0.1, 0.15) is 0 Å². The quantitative estimate of drug-likeness (QED) is 0.589. The summed E-state index contributed by atoms with van der Waals surface area (Å²) in [7, 11) is 0. The average Bonchev–Trinajstić information content (AvgIpc) is 2.55. The Morgan fingerprint density at radius 1 is 1.17 bits per heavy atom. The SMILES string of the molecule is CC1(c2cc[c]cc2)CCCC1. The predicted molar refractivity (Wildman–Crippen MR) is 51.1 cm³/mol. The van der Waals surface area contributed by atoms with Crippen LogP contribution in [0.3, 0.4) is 0 Å². The second kappa shape index (κ2) is 2.93. The van der Waals surface area contributed by atoms with Crippen LogP contribution in [0.5, 0.6) is 0 Å². The molecule has 0 saturated heterocycles. The third-order valence-electron chi connectivity index (χ3n) is 3.12. The van der Waals surface area contributed by atoms with Gasteiger partial charge in [-0.25, -0.2) is 0 Å². The fourth-order valence-corrected chi connectivity index (χ4v) is 2.23. The third kappa shape index (κ3) is 1.26. The first kappa shape index (κ1) is 7.85. The molecular formula is C12H15. The highest BCUT2D eigenvalue weighted by Gasteiger charge is 2.29. The molecule has 0 aliphatic heterocycles. The molecule has 0 aromatic heterocycles. The van der Waals surface area contributed by atoms with Gasteiger partial charge < -0.3 is 0 Å². The Kier molecular flexibility index (Phi) is 1.92. The van der Waals surface area contributed by atoms with Crippen LogP contribution in [0.1, 0.15) is 38.2 Å². The van der Waals surface area contributed by atoms with Crippen molar-refractivity contribution in [2.75, 3.05) is 0 Å². The Bertz CT molecular complexity index is 242. The minimum atomic E-state index is 0.467. The molecule has 1 aliphatic rings. The molecule has 0 unspecified atom stereocenters. The summed E-state index contributed by atoms with van der Waals surface area (Å²) in [6, 6.07) is 11.6. The van der Waals surface area contributed by atoms with Crippen LogP contribution in [0.4, 0.5) is 0 Å². The van der Waals surface area contributed by atoms with E-state index in [4.69, 9.17) is 0 Å². The van der Waals surface area contributed by atoms with Crippen LogP contribution in [0.2, 0.25) is 0 Å². The highest BCUT2D eigenvalue weighted by Crippen LogP contribution is 2.40. The smallest absolute Gasteiger partial charge is 0.00752 e. The Morgan fingerprint density at radius 3 is 2.33 bits per heavy atom. The molecule has 1 aromatic rings. The number of rotatable bonds is 1. The van der Waals surface area contributed by atoms with Gasteiger partial charge in [0, 0.05) is 0 Å². The first-order valence-corrected chi connectivity index (χ1v) is 4.78. The maximum atomic E-state index is 3.07. The lowest BCUT2D eigenvalue weighted by molar-refractivity contribution is 0.491. The van der Waals surface area contributed by atoms with Crippen LogP contribution in [-0.2, 0) is 5.41 Å². The molecule has 63 valence electrons. The number of hydrogen-bond donors (Lipinski definition) is 0. The summed E-state index contributed by atoms with van der Waals surface area (Å²) >= 11 is 0. The Morgan fingerprint density at radius 2 is 1.75 bits per heavy atom. The lowest BCUT2D eigenvalue weighted by atomic mass is 9.81. The lowest BCUT2D eigenvalue weighted by Crippen LogP contribution is -2.16. The van der Waals surface area contributed by atoms with Crippen LogP contribution in [0, 0.1) is 6.07 Å². The second-order valence-electron chi connectivity index (χ2n) is 4.06. The maximum Gasteiger partial charge on any atom is -0.00752 e. The van der Waals surface area contributed by atoms with Gasteiger partial charge in [-0.05, 0) is 29.9 Å². The Hall–Kier alpha value is -0.780. The minimum absolute atomic E-state index is 0.467. The summed E-state index contributed by atoms with van der Waals surface area (Å²) in [6.07, 6.45) is 5.51. The van der Waals surface area contributed by atoms with Crippen LogP contribution in [0.25, 0.3) is 0 Å². The molecule has 0 atom stereocenters. The van der Waals surface area contributed by atoms with Crippen molar-refractivity contribution in [1.29, 1.82) is 0 Å². The molecule has 0 bridgehead atoms. The molecule has 1 fully saturated rings. The van der Waals surface area contributed by atoms with Gasteiger partial charge in [0.25, 0.3) is 0 Å². The number of hydrogen-bond acceptors (Lipinski definition) is 0. The summed E-state index contributed by atoms with van der Waals surface area (Å²) in [6.45, 7) is 2.38. The molecule has 12 heavy (non-hydrogen) atoms. The van der Waals surface area contributed by atoms with E-state index >= 15 is 0 Å². The molecule has 0 N–H and O–H groups in total. The van der Waals surface area contributed by atoms with E-state index in [1.165, 1.54) is 31.2 Å². The van der Waals surface area contributed by atoms with E-state index in [2.05, 4.69) is 25.1 Å². The summed E-state index contributed by atoms with van der Waals surface area (Å²) in [5.41, 5.74) is 1.97. The van der Waals surface area contributed by atoms with Crippen molar-refractivity contribution in [3.63, 3.8) is 0 Å². The van der Waals surface area contributed by atoms with Crippen molar-refractivity contribution in [1.82, 2.24) is 0 Å². The molecule has 0 spiro atoms. The van der Waals surface area contributed by atoms with Crippen molar-refractivity contribution in [2.24, 2.45) is 0 Å². The predicted octanol–water partition coefficient (Wildman–Crippen LogP) is 3.32. The van der Waals surface area contributed by atoms with E-state index in [0.717, 1.165) is 0 Å². The van der Waals surface area contributed by atoms with Crippen molar-refractivity contribution < 1.29 is 0 Å². The van der Waals surface area contributed by atoms with Crippen molar-refractivity contribution >= 4 is 0 Å². The summed E-state index contributed by atoms with van der Waals surface area (Å²) < 4.78 is 0. The maximum absolute atomic E-state index is 3.07. The molecule has 1 radical (unpaired) electrons. The summed E-state index contributed by atoms with van der Waals surface area (Å²) in [5, 5.41) is 0. The Labute approximate surface area is 74.6 Å². The zero-order valence-corrected chi connectivity index (χ0v) is 7.64. The van der Waals surface area contributed by atoms with E-state index in [1.807, 2.05) is 12.1 Å². The van der Waals surface area contributed by atoms with Gasteiger partial charge >= 0.3 is 0 Å². The first-order chi connectivity index (χ1) is 5.81. The molecule has 1 aromatic carbocycles. The molecule has 1 saturated carbocycles. The molecule has 2 rings (SSSR count). The highest BCUT2D eigenvalue weighted by atomic mass is 14.3. The van der Waals surface area contributed by atoms with Crippen molar-refractivity contribution in [2.45, 2.75) is 38.0 Å². The molecule has 0 amide bonds. The fraction of sp³-hybridized carbons (Fsp3) is 0.500. The molecular weight excluding hydrogens is 144 g/mol. The van der Waals surface area contributed by atoms with E-state index < -0.39 is 0 Å². The molecule has 0 heterocycles. The van der Waals surface area contributed by atoms with Gasteiger partial charge in [0.2, 0.25) is 0 Å². The fourth-order valence-electron chi connectivity index (χ4n) is 2.23. The van der Waals surface area contributed by atoms with Gasteiger partial charge in [0.15, 0.2) is 0 Å². The zero-order valence-electron chi connectivity index (χ0n) is 7.64. The Balaban J connectivity index is 2.29. The zero-order chi connectivity index (χ0) is 8.44. The third-order valence-corrected chi connectivity index (χ3v) is 3.12. The minimum Gasteiger partial charge on any atom is -0.0579 e. The first-order valence-electron chi connectivity index (χ1n) is 4.78. The lowest BCUT2D eigenvalue weighted by Gasteiger charge is -2.23. The molecule has 0 heteroatoms. The highest BCUT2D eigenvalue weighted by molar-refractivity contribution is 5.24. The van der Waals surface area contributed by atoms with E-state index in [-0.39, 0.29) is 0 Å². The van der Waals surface area contributed by atoms with Gasteiger partial charge in [-0.1, -0.05) is 44.0 Å². The average molecular weight is 159 g/mol.